The quantitative estimate of drug-likeness (QED) is 0.589. The Labute approximate surface area is 161 Å². The van der Waals surface area contributed by atoms with E-state index in [0.717, 1.165) is 5.69 Å². The van der Waals surface area contributed by atoms with E-state index in [4.69, 9.17) is 23.2 Å². The van der Waals surface area contributed by atoms with Gasteiger partial charge in [-0.05, 0) is 30.3 Å². The third-order valence-electron chi connectivity index (χ3n) is 3.34. The maximum atomic E-state index is 12.6. The van der Waals surface area contributed by atoms with Gasteiger partial charge in [-0.2, -0.15) is 0 Å². The van der Waals surface area contributed by atoms with Crippen LogP contribution in [0.25, 0.3) is 0 Å². The molecule has 0 spiro atoms. The van der Waals surface area contributed by atoms with E-state index < -0.39 is 10.8 Å². The Kier molecular flexibility index (Phi) is 5.54. The second kappa shape index (κ2) is 7.66. The smallest absolute Gasteiger partial charge is 0.207 e. The summed E-state index contributed by atoms with van der Waals surface area (Å²) < 4.78 is 11.6. The SMILES string of the molecule is CS(=O)c1cccc(Nc2ncc(C(=O)c3c(Cl)cccc3Cl)s2)c1. The molecule has 25 heavy (non-hydrogen) atoms. The number of ketones is 1. The molecule has 0 radical (unpaired) electrons. The first-order chi connectivity index (χ1) is 12.0. The molecule has 1 atom stereocenters. The fraction of sp³-hybridized carbons (Fsp3) is 0.0588. The molecular formula is C17H12Cl2N2O2S2. The van der Waals surface area contributed by atoms with Crippen LogP contribution in [-0.4, -0.2) is 21.2 Å². The number of carbonyl (C=O) groups is 1. The fourth-order valence-corrected chi connectivity index (χ4v) is 4.07. The maximum absolute atomic E-state index is 12.6. The first-order valence-electron chi connectivity index (χ1n) is 7.11. The number of halogens is 2. The number of benzene rings is 2. The summed E-state index contributed by atoms with van der Waals surface area (Å²) in [6.07, 6.45) is 3.10. The second-order valence-electron chi connectivity index (χ2n) is 5.06. The number of nitrogens with zero attached hydrogens (tertiary/aromatic N) is 1. The lowest BCUT2D eigenvalue weighted by Crippen LogP contribution is -2.00. The molecule has 3 aromatic rings. The van der Waals surface area contributed by atoms with Gasteiger partial charge >= 0.3 is 0 Å². The molecule has 0 aliphatic carbocycles. The molecule has 3 rings (SSSR count). The highest BCUT2D eigenvalue weighted by Crippen LogP contribution is 2.30. The molecule has 8 heteroatoms. The van der Waals surface area contributed by atoms with E-state index in [-0.39, 0.29) is 11.3 Å². The highest BCUT2D eigenvalue weighted by atomic mass is 35.5. The number of thiazole rings is 1. The van der Waals surface area contributed by atoms with Crippen LogP contribution in [0.15, 0.2) is 53.6 Å². The Hall–Kier alpha value is -1.73. The first kappa shape index (κ1) is 18.1. The van der Waals surface area contributed by atoms with Crippen molar-refractivity contribution < 1.29 is 9.00 Å². The fourth-order valence-electron chi connectivity index (χ4n) is 2.15. The minimum Gasteiger partial charge on any atom is -0.331 e. The van der Waals surface area contributed by atoms with Crippen LogP contribution in [-0.2, 0) is 10.8 Å². The summed E-state index contributed by atoms with van der Waals surface area (Å²) in [5.74, 6) is -0.274. The number of anilines is 2. The molecule has 0 saturated carbocycles. The van der Waals surface area contributed by atoms with Crippen LogP contribution >= 0.6 is 34.5 Å². The van der Waals surface area contributed by atoms with E-state index in [2.05, 4.69) is 10.3 Å². The van der Waals surface area contributed by atoms with Crippen LogP contribution in [0.4, 0.5) is 10.8 Å². The van der Waals surface area contributed by atoms with Gasteiger partial charge in [0, 0.05) is 27.6 Å². The highest BCUT2D eigenvalue weighted by molar-refractivity contribution is 7.84. The van der Waals surface area contributed by atoms with Gasteiger partial charge in [0.25, 0.3) is 0 Å². The number of nitrogens with one attached hydrogen (secondary N) is 1. The predicted molar refractivity (Wildman–Crippen MR) is 104 cm³/mol. The molecule has 1 unspecified atom stereocenters. The van der Waals surface area contributed by atoms with Gasteiger partial charge in [0.2, 0.25) is 5.78 Å². The van der Waals surface area contributed by atoms with Crippen molar-refractivity contribution in [1.82, 2.24) is 4.98 Å². The molecule has 0 saturated heterocycles. The third kappa shape index (κ3) is 4.10. The normalized spacial score (nSPS) is 12.0. The van der Waals surface area contributed by atoms with E-state index >= 15 is 0 Å². The average molecular weight is 411 g/mol. The van der Waals surface area contributed by atoms with Crippen molar-refractivity contribution in [3.63, 3.8) is 0 Å². The molecule has 0 aliphatic rings. The Morgan fingerprint density at radius 1 is 1.16 bits per heavy atom. The Morgan fingerprint density at radius 3 is 2.52 bits per heavy atom. The molecule has 0 aliphatic heterocycles. The number of rotatable bonds is 5. The zero-order chi connectivity index (χ0) is 18.0. The van der Waals surface area contributed by atoms with Gasteiger partial charge in [0.05, 0.1) is 26.7 Å². The summed E-state index contributed by atoms with van der Waals surface area (Å²) in [6, 6.07) is 12.1. The van der Waals surface area contributed by atoms with Crippen LogP contribution in [0.5, 0.6) is 0 Å². The van der Waals surface area contributed by atoms with Gasteiger partial charge in [0.1, 0.15) is 0 Å². The number of aromatic nitrogens is 1. The third-order valence-corrected chi connectivity index (χ3v) is 5.80. The van der Waals surface area contributed by atoms with Gasteiger partial charge < -0.3 is 5.32 Å². The van der Waals surface area contributed by atoms with Crippen molar-refractivity contribution in [3.8, 4) is 0 Å². The van der Waals surface area contributed by atoms with Crippen LogP contribution in [0, 0.1) is 0 Å². The molecular weight excluding hydrogens is 399 g/mol. The summed E-state index contributed by atoms with van der Waals surface area (Å²) in [6.45, 7) is 0. The van der Waals surface area contributed by atoms with Crippen molar-refractivity contribution in [2.45, 2.75) is 4.90 Å². The summed E-state index contributed by atoms with van der Waals surface area (Å²) in [4.78, 5) is 18.0. The molecule has 0 fully saturated rings. The Balaban J connectivity index is 1.84. The molecule has 4 nitrogen and oxygen atoms in total. The Morgan fingerprint density at radius 2 is 1.84 bits per heavy atom. The predicted octanol–water partition coefficient (Wildman–Crippen LogP) is 5.16. The zero-order valence-corrected chi connectivity index (χ0v) is 16.1. The summed E-state index contributed by atoms with van der Waals surface area (Å²) in [5.41, 5.74) is 1.02. The summed E-state index contributed by atoms with van der Waals surface area (Å²) in [7, 11) is -1.07. The second-order valence-corrected chi connectivity index (χ2v) is 8.29. The molecule has 1 N–H and O–H groups in total. The van der Waals surface area contributed by atoms with Gasteiger partial charge in [-0.25, -0.2) is 4.98 Å². The van der Waals surface area contributed by atoms with Crippen molar-refractivity contribution in [1.29, 1.82) is 0 Å². The molecule has 1 aromatic heterocycles. The highest BCUT2D eigenvalue weighted by Gasteiger charge is 2.19. The molecule has 128 valence electrons. The monoisotopic (exact) mass is 410 g/mol. The minimum atomic E-state index is -1.07. The number of hydrogen-bond acceptors (Lipinski definition) is 5. The maximum Gasteiger partial charge on any atom is 0.207 e. The molecule has 0 bridgehead atoms. The lowest BCUT2D eigenvalue weighted by Gasteiger charge is -2.04. The largest absolute Gasteiger partial charge is 0.331 e. The van der Waals surface area contributed by atoms with Crippen molar-refractivity contribution in [2.24, 2.45) is 0 Å². The molecule has 0 amide bonds. The lowest BCUT2D eigenvalue weighted by molar-refractivity contribution is 0.104. The van der Waals surface area contributed by atoms with Crippen LogP contribution in [0.3, 0.4) is 0 Å². The Bertz CT molecular complexity index is 953. The minimum absolute atomic E-state index is 0.268. The first-order valence-corrected chi connectivity index (χ1v) is 10.2. The van der Waals surface area contributed by atoms with E-state index in [0.29, 0.717) is 24.9 Å². The van der Waals surface area contributed by atoms with Gasteiger partial charge in [-0.1, -0.05) is 46.7 Å². The van der Waals surface area contributed by atoms with E-state index in [9.17, 15) is 9.00 Å². The topological polar surface area (TPSA) is 59.1 Å². The lowest BCUT2D eigenvalue weighted by atomic mass is 10.1. The van der Waals surface area contributed by atoms with Crippen LogP contribution in [0.2, 0.25) is 10.0 Å². The van der Waals surface area contributed by atoms with E-state index in [1.807, 2.05) is 12.1 Å². The van der Waals surface area contributed by atoms with Gasteiger partial charge in [0.15, 0.2) is 5.13 Å². The number of carbonyl (C=O) groups excluding carboxylic acids is 1. The van der Waals surface area contributed by atoms with Gasteiger partial charge in [-0.15, -0.1) is 0 Å². The van der Waals surface area contributed by atoms with Crippen molar-refractivity contribution in [2.75, 3.05) is 11.6 Å². The van der Waals surface area contributed by atoms with Gasteiger partial charge in [-0.3, -0.25) is 9.00 Å². The molecule has 2 aromatic carbocycles. The van der Waals surface area contributed by atoms with E-state index in [1.54, 1.807) is 36.6 Å². The number of hydrogen-bond donors (Lipinski definition) is 1. The van der Waals surface area contributed by atoms with Crippen LogP contribution < -0.4 is 5.32 Å². The zero-order valence-electron chi connectivity index (χ0n) is 13.0. The standard InChI is InChI=1S/C17H12Cl2N2O2S2/c1-25(23)11-5-2-4-10(8-11)21-17-20-9-14(24-17)16(22)15-12(18)6-3-7-13(15)19/h2-9H,1H3,(H,20,21). The molecule has 1 heterocycles. The summed E-state index contributed by atoms with van der Waals surface area (Å²) in [5, 5.41) is 4.27. The van der Waals surface area contributed by atoms with E-state index in [1.165, 1.54) is 17.5 Å². The summed E-state index contributed by atoms with van der Waals surface area (Å²) >= 11 is 13.4. The average Bonchev–Trinajstić information content (AvgIpc) is 3.03. The van der Waals surface area contributed by atoms with Crippen LogP contribution in [0.1, 0.15) is 15.2 Å². The van der Waals surface area contributed by atoms with Crippen molar-refractivity contribution in [3.05, 3.63) is 69.1 Å². The van der Waals surface area contributed by atoms with Crippen molar-refractivity contribution >= 4 is 61.9 Å².